The highest BCUT2D eigenvalue weighted by Gasteiger charge is 2.29. The normalized spacial score (nSPS) is 29.4. The van der Waals surface area contributed by atoms with Gasteiger partial charge >= 0.3 is 0 Å². The number of hydrogen-bond donors (Lipinski definition) is 1. The molecule has 2 rings (SSSR count). The molecule has 96 valence electrons. The van der Waals surface area contributed by atoms with Crippen molar-refractivity contribution < 1.29 is 0 Å². The minimum Gasteiger partial charge on any atom is -0.317 e. The summed E-state index contributed by atoms with van der Waals surface area (Å²) in [5.74, 6) is 1.74. The van der Waals surface area contributed by atoms with Gasteiger partial charge in [-0.25, -0.2) is 4.98 Å². The summed E-state index contributed by atoms with van der Waals surface area (Å²) in [7, 11) is 2.11. The third-order valence-corrected chi connectivity index (χ3v) is 4.88. The molecule has 1 fully saturated rings. The zero-order valence-corrected chi connectivity index (χ0v) is 11.8. The van der Waals surface area contributed by atoms with E-state index in [2.05, 4.69) is 29.7 Å². The highest BCUT2D eigenvalue weighted by Crippen LogP contribution is 2.34. The predicted molar refractivity (Wildman–Crippen MR) is 74.4 cm³/mol. The number of nitrogens with zero attached hydrogens (tertiary/aromatic N) is 1. The fraction of sp³-hybridized carbons (Fsp3) is 0.786. The van der Waals surface area contributed by atoms with Crippen LogP contribution in [0.15, 0.2) is 11.6 Å². The van der Waals surface area contributed by atoms with Gasteiger partial charge < -0.3 is 5.32 Å². The summed E-state index contributed by atoms with van der Waals surface area (Å²) in [4.78, 5) is 4.44. The number of thiazole rings is 1. The molecule has 17 heavy (non-hydrogen) atoms. The van der Waals surface area contributed by atoms with Crippen LogP contribution < -0.4 is 5.32 Å². The molecule has 0 aromatic carbocycles. The van der Waals surface area contributed by atoms with E-state index in [4.69, 9.17) is 0 Å². The first-order chi connectivity index (χ1) is 8.33. The Balaban J connectivity index is 1.94. The Kier molecular flexibility index (Phi) is 4.99. The summed E-state index contributed by atoms with van der Waals surface area (Å²) in [5.41, 5.74) is 0. The second kappa shape index (κ2) is 6.50. The molecule has 3 heteroatoms. The van der Waals surface area contributed by atoms with E-state index in [1.807, 2.05) is 6.20 Å². The van der Waals surface area contributed by atoms with Gasteiger partial charge in [-0.2, -0.15) is 0 Å². The van der Waals surface area contributed by atoms with Gasteiger partial charge in [0, 0.05) is 24.0 Å². The standard InChI is InChI=1S/C14H24N2S/c1-3-4-11-5-6-13(15-2)12(9-11)10-14-16-7-8-17-14/h7-8,11-13,15H,3-6,9-10H2,1-2H3. The van der Waals surface area contributed by atoms with Gasteiger partial charge in [-0.3, -0.25) is 0 Å². The average molecular weight is 252 g/mol. The molecule has 1 heterocycles. The Bertz CT molecular complexity index is 310. The van der Waals surface area contributed by atoms with Gasteiger partial charge in [0.1, 0.15) is 0 Å². The zero-order chi connectivity index (χ0) is 12.1. The zero-order valence-electron chi connectivity index (χ0n) is 11.0. The van der Waals surface area contributed by atoms with Crippen molar-refractivity contribution in [2.45, 2.75) is 51.5 Å². The monoisotopic (exact) mass is 252 g/mol. The minimum atomic E-state index is 0.701. The van der Waals surface area contributed by atoms with Crippen LogP contribution in [0.3, 0.4) is 0 Å². The van der Waals surface area contributed by atoms with E-state index in [9.17, 15) is 0 Å². The molecule has 0 amide bonds. The summed E-state index contributed by atoms with van der Waals surface area (Å²) in [6.45, 7) is 2.31. The molecule has 1 aliphatic carbocycles. The Morgan fingerprint density at radius 1 is 1.47 bits per heavy atom. The van der Waals surface area contributed by atoms with Crippen LogP contribution in [0.1, 0.15) is 44.0 Å². The summed E-state index contributed by atoms with van der Waals surface area (Å²) in [6.07, 6.45) is 9.98. The molecule has 1 aliphatic rings. The average Bonchev–Trinajstić information content (AvgIpc) is 2.83. The van der Waals surface area contributed by atoms with Crippen molar-refractivity contribution in [3.63, 3.8) is 0 Å². The molecule has 0 spiro atoms. The van der Waals surface area contributed by atoms with Crippen LogP contribution in [-0.2, 0) is 6.42 Å². The Morgan fingerprint density at radius 3 is 3.00 bits per heavy atom. The van der Waals surface area contributed by atoms with E-state index in [-0.39, 0.29) is 0 Å². The van der Waals surface area contributed by atoms with Crippen molar-refractivity contribution in [2.24, 2.45) is 11.8 Å². The fourth-order valence-corrected chi connectivity index (χ4v) is 3.93. The smallest absolute Gasteiger partial charge is 0.0928 e. The van der Waals surface area contributed by atoms with Gasteiger partial charge in [0.2, 0.25) is 0 Å². The number of rotatable bonds is 5. The number of nitrogens with one attached hydrogen (secondary N) is 1. The molecule has 3 atom stereocenters. The van der Waals surface area contributed by atoms with Gasteiger partial charge in [0.15, 0.2) is 0 Å². The van der Waals surface area contributed by atoms with Crippen molar-refractivity contribution in [3.05, 3.63) is 16.6 Å². The van der Waals surface area contributed by atoms with Gasteiger partial charge in [0.05, 0.1) is 5.01 Å². The summed E-state index contributed by atoms with van der Waals surface area (Å²) in [6, 6.07) is 0.701. The molecule has 0 aliphatic heterocycles. The maximum absolute atomic E-state index is 4.44. The van der Waals surface area contributed by atoms with Crippen molar-refractivity contribution in [1.82, 2.24) is 10.3 Å². The molecule has 0 bridgehead atoms. The molecular formula is C14H24N2S. The van der Waals surface area contributed by atoms with Crippen LogP contribution in [0.4, 0.5) is 0 Å². The molecule has 2 nitrogen and oxygen atoms in total. The largest absolute Gasteiger partial charge is 0.317 e. The first-order valence-electron chi connectivity index (χ1n) is 6.89. The van der Waals surface area contributed by atoms with E-state index >= 15 is 0 Å². The van der Waals surface area contributed by atoms with Crippen LogP contribution in [0.5, 0.6) is 0 Å². The number of hydrogen-bond acceptors (Lipinski definition) is 3. The van der Waals surface area contributed by atoms with Crippen molar-refractivity contribution in [3.8, 4) is 0 Å². The van der Waals surface area contributed by atoms with Crippen molar-refractivity contribution >= 4 is 11.3 Å². The first kappa shape index (κ1) is 13.0. The molecular weight excluding hydrogens is 228 g/mol. The molecule has 1 aromatic rings. The van der Waals surface area contributed by atoms with Crippen LogP contribution in [-0.4, -0.2) is 18.1 Å². The first-order valence-corrected chi connectivity index (χ1v) is 7.77. The van der Waals surface area contributed by atoms with Crippen LogP contribution in [0.25, 0.3) is 0 Å². The van der Waals surface area contributed by atoms with Gasteiger partial charge in [0.25, 0.3) is 0 Å². The van der Waals surface area contributed by atoms with Crippen molar-refractivity contribution in [1.29, 1.82) is 0 Å². The lowest BCUT2D eigenvalue weighted by atomic mass is 9.75. The third kappa shape index (κ3) is 3.52. The predicted octanol–water partition coefficient (Wildman–Crippen LogP) is 3.49. The van der Waals surface area contributed by atoms with E-state index in [1.165, 1.54) is 43.5 Å². The summed E-state index contributed by atoms with van der Waals surface area (Å²) in [5, 5.41) is 6.91. The fourth-order valence-electron chi connectivity index (χ4n) is 3.22. The maximum Gasteiger partial charge on any atom is 0.0928 e. The number of aromatic nitrogens is 1. The van der Waals surface area contributed by atoms with Gasteiger partial charge in [-0.1, -0.05) is 19.8 Å². The lowest BCUT2D eigenvalue weighted by Gasteiger charge is -2.35. The Labute approximate surface area is 109 Å². The lowest BCUT2D eigenvalue weighted by Crippen LogP contribution is -2.39. The van der Waals surface area contributed by atoms with E-state index in [1.54, 1.807) is 11.3 Å². The highest BCUT2D eigenvalue weighted by atomic mass is 32.1. The Hall–Kier alpha value is -0.410. The molecule has 0 radical (unpaired) electrons. The second-order valence-corrected chi connectivity index (χ2v) is 6.23. The van der Waals surface area contributed by atoms with Crippen LogP contribution in [0, 0.1) is 11.8 Å². The van der Waals surface area contributed by atoms with E-state index in [0.717, 1.165) is 11.8 Å². The summed E-state index contributed by atoms with van der Waals surface area (Å²) >= 11 is 1.80. The maximum atomic E-state index is 4.44. The van der Waals surface area contributed by atoms with Gasteiger partial charge in [-0.15, -0.1) is 11.3 Å². The molecule has 3 unspecified atom stereocenters. The third-order valence-electron chi connectivity index (χ3n) is 4.08. The lowest BCUT2D eigenvalue weighted by molar-refractivity contribution is 0.200. The van der Waals surface area contributed by atoms with Crippen LogP contribution in [0.2, 0.25) is 0 Å². The molecule has 1 aromatic heterocycles. The minimum absolute atomic E-state index is 0.701. The van der Waals surface area contributed by atoms with E-state index in [0.29, 0.717) is 6.04 Å². The molecule has 1 saturated carbocycles. The van der Waals surface area contributed by atoms with Crippen molar-refractivity contribution in [2.75, 3.05) is 7.05 Å². The Morgan fingerprint density at radius 2 is 2.35 bits per heavy atom. The topological polar surface area (TPSA) is 24.9 Å². The molecule has 1 N–H and O–H groups in total. The quantitative estimate of drug-likeness (QED) is 0.867. The molecule has 0 saturated heterocycles. The SMILES string of the molecule is CCCC1CCC(NC)C(Cc2nccs2)C1. The van der Waals surface area contributed by atoms with Gasteiger partial charge in [-0.05, 0) is 38.1 Å². The highest BCUT2D eigenvalue weighted by molar-refractivity contribution is 7.09. The van der Waals surface area contributed by atoms with Crippen LogP contribution >= 0.6 is 11.3 Å². The second-order valence-electron chi connectivity index (χ2n) is 5.25. The summed E-state index contributed by atoms with van der Waals surface area (Å²) < 4.78 is 0. The van der Waals surface area contributed by atoms with E-state index < -0.39 is 0 Å².